The van der Waals surface area contributed by atoms with E-state index in [1.165, 1.54) is 12.0 Å². The summed E-state index contributed by atoms with van der Waals surface area (Å²) >= 11 is 0. The number of carbonyl (C=O) groups excluding carboxylic acids is 2. The van der Waals surface area contributed by atoms with Crippen molar-refractivity contribution in [1.82, 2.24) is 0 Å². The minimum Gasteiger partial charge on any atom is -0.299 e. The van der Waals surface area contributed by atoms with Crippen molar-refractivity contribution in [3.05, 3.63) is 18.1 Å². The van der Waals surface area contributed by atoms with E-state index >= 15 is 0 Å². The van der Waals surface area contributed by atoms with Crippen molar-refractivity contribution in [2.75, 3.05) is 0 Å². The topological polar surface area (TPSA) is 34.1 Å². The molecule has 0 N–H and O–H groups in total. The number of Topliss-reactive ketones (excluding diaryl/α,β-unsaturated/α-hetero) is 1. The quantitative estimate of drug-likeness (QED) is 0.676. The van der Waals surface area contributed by atoms with E-state index in [2.05, 4.69) is 20.3 Å². The summed E-state index contributed by atoms with van der Waals surface area (Å²) in [5.41, 5.74) is 1.44. The van der Waals surface area contributed by atoms with Crippen molar-refractivity contribution in [2.45, 2.75) is 58.8 Å². The van der Waals surface area contributed by atoms with Crippen molar-refractivity contribution in [1.29, 1.82) is 0 Å². The molecule has 113 valence electrons. The van der Waals surface area contributed by atoms with Crippen LogP contribution in [0.15, 0.2) is 11.6 Å². The largest absolute Gasteiger partial charge is 0.299 e. The van der Waals surface area contributed by atoms with Crippen LogP contribution in [0.5, 0.6) is 0 Å². The molecule has 0 aromatic heterocycles. The van der Waals surface area contributed by atoms with Gasteiger partial charge in [-0.05, 0) is 67.8 Å². The third-order valence-corrected chi connectivity index (χ3v) is 7.42. The Morgan fingerprint density at radius 2 is 1.86 bits per heavy atom. The summed E-state index contributed by atoms with van der Waals surface area (Å²) in [5, 5.41) is 0. The van der Waals surface area contributed by atoms with Crippen molar-refractivity contribution in [3.63, 3.8) is 0 Å². The highest BCUT2D eigenvalue weighted by atomic mass is 16.1. The highest BCUT2D eigenvalue weighted by Gasteiger charge is 2.58. The maximum absolute atomic E-state index is 12.3. The second-order valence-corrected chi connectivity index (χ2v) is 8.16. The fourth-order valence-corrected chi connectivity index (χ4v) is 6.11. The molecule has 1 radical (unpaired) electrons. The van der Waals surface area contributed by atoms with Gasteiger partial charge in [0, 0.05) is 18.3 Å². The van der Waals surface area contributed by atoms with E-state index in [1.807, 2.05) is 6.08 Å². The number of hydrogen-bond donors (Lipinski definition) is 0. The average molecular weight is 285 g/mol. The van der Waals surface area contributed by atoms with Gasteiger partial charge in [-0.3, -0.25) is 9.59 Å². The monoisotopic (exact) mass is 285 g/mol. The predicted molar refractivity (Wildman–Crippen MR) is 81.4 cm³/mol. The van der Waals surface area contributed by atoms with Crippen LogP contribution in [-0.2, 0) is 9.59 Å². The summed E-state index contributed by atoms with van der Waals surface area (Å²) in [6, 6.07) is 0. The molecule has 3 saturated carbocycles. The predicted octanol–water partition coefficient (Wildman–Crippen LogP) is 3.90. The molecule has 0 unspecified atom stereocenters. The van der Waals surface area contributed by atoms with E-state index < -0.39 is 0 Å². The lowest BCUT2D eigenvalue weighted by Crippen LogP contribution is -2.50. The standard InChI is InChI=1S/C19H25O2/c1-18-9-7-13(20)11-12(18)3-4-14-15-5-6-17(21)19(15,2)10-8-16(14)18/h9,11,14-16H,3-8,10H2,1-2H3/t14-,15-,16-,18-,19-/m0/s1. The zero-order valence-corrected chi connectivity index (χ0v) is 13.2. The molecule has 0 aromatic carbocycles. The van der Waals surface area contributed by atoms with Crippen LogP contribution >= 0.6 is 0 Å². The zero-order valence-electron chi connectivity index (χ0n) is 13.2. The summed E-state index contributed by atoms with van der Waals surface area (Å²) in [6.45, 7) is 4.58. The summed E-state index contributed by atoms with van der Waals surface area (Å²) < 4.78 is 0. The fourth-order valence-electron chi connectivity index (χ4n) is 6.11. The molecular formula is C19H25O2. The molecule has 5 atom stereocenters. The smallest absolute Gasteiger partial charge is 0.155 e. The van der Waals surface area contributed by atoms with Crippen LogP contribution in [-0.4, -0.2) is 11.6 Å². The Balaban J connectivity index is 1.70. The number of fused-ring (bicyclic) bond motifs is 5. The average Bonchev–Trinajstić information content (AvgIpc) is 2.76. The summed E-state index contributed by atoms with van der Waals surface area (Å²) in [5.74, 6) is 2.71. The lowest BCUT2D eigenvalue weighted by atomic mass is 9.47. The first kappa shape index (κ1) is 13.7. The highest BCUT2D eigenvalue weighted by Crippen LogP contribution is 2.64. The van der Waals surface area contributed by atoms with Crippen molar-refractivity contribution < 1.29 is 9.59 Å². The molecule has 4 aliphatic rings. The number of allylic oxidation sites excluding steroid dienone is 1. The summed E-state index contributed by atoms with van der Waals surface area (Å²) in [4.78, 5) is 24.1. The minimum absolute atomic E-state index is 0.0385. The molecule has 4 aliphatic carbocycles. The first-order chi connectivity index (χ1) is 9.95. The van der Waals surface area contributed by atoms with E-state index in [4.69, 9.17) is 0 Å². The molecule has 0 aromatic rings. The Labute approximate surface area is 127 Å². The van der Waals surface area contributed by atoms with Crippen molar-refractivity contribution in [2.24, 2.45) is 28.6 Å². The van der Waals surface area contributed by atoms with Gasteiger partial charge in [0.15, 0.2) is 5.78 Å². The molecule has 2 nitrogen and oxygen atoms in total. The Kier molecular flexibility index (Phi) is 2.81. The van der Waals surface area contributed by atoms with Gasteiger partial charge in [-0.2, -0.15) is 0 Å². The van der Waals surface area contributed by atoms with Gasteiger partial charge >= 0.3 is 0 Å². The molecular weight excluding hydrogens is 260 g/mol. The number of rotatable bonds is 0. The SMILES string of the molecule is C[C@]12[CH]CC(=O)C=C1CC[C@@H]1[C@@H]2CC[C@]2(C)C(=O)CC[C@@H]12. The maximum atomic E-state index is 12.3. The molecule has 0 amide bonds. The number of carbonyl (C=O) groups is 2. The van der Waals surface area contributed by atoms with Gasteiger partial charge in [0.05, 0.1) is 0 Å². The third-order valence-electron chi connectivity index (χ3n) is 7.42. The Morgan fingerprint density at radius 3 is 2.67 bits per heavy atom. The first-order valence-electron chi connectivity index (χ1n) is 8.57. The fraction of sp³-hybridized carbons (Fsp3) is 0.737. The lowest BCUT2D eigenvalue weighted by Gasteiger charge is -2.56. The Bertz CT molecular complexity index is 546. The van der Waals surface area contributed by atoms with Gasteiger partial charge < -0.3 is 0 Å². The van der Waals surface area contributed by atoms with Crippen LogP contribution in [0.1, 0.15) is 58.8 Å². The lowest BCUT2D eigenvalue weighted by molar-refractivity contribution is -0.131. The van der Waals surface area contributed by atoms with E-state index in [1.54, 1.807) is 0 Å². The Hall–Kier alpha value is -0.920. The molecule has 0 saturated heterocycles. The molecule has 0 bridgehead atoms. The van der Waals surface area contributed by atoms with Crippen molar-refractivity contribution >= 4 is 11.6 Å². The van der Waals surface area contributed by atoms with Crippen LogP contribution in [0, 0.1) is 35.0 Å². The van der Waals surface area contributed by atoms with Crippen molar-refractivity contribution in [3.8, 4) is 0 Å². The summed E-state index contributed by atoms with van der Waals surface area (Å²) in [7, 11) is 0. The molecule has 3 fully saturated rings. The van der Waals surface area contributed by atoms with Gasteiger partial charge in [0.2, 0.25) is 0 Å². The maximum Gasteiger partial charge on any atom is 0.155 e. The van der Waals surface area contributed by atoms with Crippen LogP contribution < -0.4 is 0 Å². The molecule has 0 aliphatic heterocycles. The molecule has 0 heterocycles. The van der Waals surface area contributed by atoms with Gasteiger partial charge in [-0.15, -0.1) is 0 Å². The van der Waals surface area contributed by atoms with Gasteiger partial charge in [0.25, 0.3) is 0 Å². The molecule has 4 rings (SSSR count). The van der Waals surface area contributed by atoms with Crippen LogP contribution in [0.2, 0.25) is 0 Å². The molecule has 21 heavy (non-hydrogen) atoms. The molecule has 2 heteroatoms. The van der Waals surface area contributed by atoms with E-state index in [0.29, 0.717) is 30.0 Å². The highest BCUT2D eigenvalue weighted by molar-refractivity contribution is 5.93. The van der Waals surface area contributed by atoms with Crippen LogP contribution in [0.4, 0.5) is 0 Å². The van der Waals surface area contributed by atoms with Crippen LogP contribution in [0.3, 0.4) is 0 Å². The second kappa shape index (κ2) is 4.30. The Morgan fingerprint density at radius 1 is 1.05 bits per heavy atom. The van der Waals surface area contributed by atoms with Gasteiger partial charge in [-0.25, -0.2) is 0 Å². The van der Waals surface area contributed by atoms with Gasteiger partial charge in [0.1, 0.15) is 5.78 Å². The number of ketones is 2. The van der Waals surface area contributed by atoms with E-state index in [9.17, 15) is 9.59 Å². The number of hydrogen-bond acceptors (Lipinski definition) is 2. The van der Waals surface area contributed by atoms with Crippen LogP contribution in [0.25, 0.3) is 0 Å². The molecule has 0 spiro atoms. The first-order valence-corrected chi connectivity index (χ1v) is 8.57. The summed E-state index contributed by atoms with van der Waals surface area (Å²) in [6.07, 6.45) is 11.2. The van der Waals surface area contributed by atoms with E-state index in [0.717, 1.165) is 32.1 Å². The minimum atomic E-state index is -0.0385. The normalized spacial score (nSPS) is 49.2. The zero-order chi connectivity index (χ0) is 14.8. The second-order valence-electron chi connectivity index (χ2n) is 8.16. The third kappa shape index (κ3) is 1.71. The van der Waals surface area contributed by atoms with E-state index in [-0.39, 0.29) is 16.6 Å². The van der Waals surface area contributed by atoms with Gasteiger partial charge in [-0.1, -0.05) is 19.4 Å².